The van der Waals surface area contributed by atoms with E-state index in [1.54, 1.807) is 0 Å². The second kappa shape index (κ2) is 8.25. The van der Waals surface area contributed by atoms with E-state index >= 15 is 0 Å². The highest BCUT2D eigenvalue weighted by Crippen LogP contribution is 2.25. The Bertz CT molecular complexity index is 664. The van der Waals surface area contributed by atoms with E-state index in [0.29, 0.717) is 25.2 Å². The molecule has 0 amide bonds. The molecule has 0 radical (unpaired) electrons. The molecule has 0 aliphatic carbocycles. The first-order valence-corrected chi connectivity index (χ1v) is 11.6. The lowest BCUT2D eigenvalue weighted by Gasteiger charge is -2.26. The number of rotatable bonds is 4. The molecule has 0 atom stereocenters. The minimum atomic E-state index is -2.87. The predicted molar refractivity (Wildman–Crippen MR) is 110 cm³/mol. The Hall–Kier alpha value is 0.790. The fraction of sp³-hybridized carbons (Fsp3) is 0.462. The standard InChI is InChI=1S/C13H14I3NO4S/c14-9-1-2-10(15)12(16)11(9)13(18)21-6-3-17-4-7-22(19,20)8-5-17/h1-2H,3-8H2. The number of hydrogen-bond donors (Lipinski definition) is 0. The molecule has 1 aromatic rings. The summed E-state index contributed by atoms with van der Waals surface area (Å²) >= 11 is 6.48. The highest BCUT2D eigenvalue weighted by Gasteiger charge is 2.22. The molecule has 1 heterocycles. The molecule has 1 aromatic carbocycles. The molecule has 0 N–H and O–H groups in total. The van der Waals surface area contributed by atoms with Gasteiger partial charge in [0.05, 0.1) is 17.1 Å². The number of carbonyl (C=O) groups is 1. The summed E-state index contributed by atoms with van der Waals surface area (Å²) in [5, 5.41) is 0. The van der Waals surface area contributed by atoms with E-state index in [1.165, 1.54) is 0 Å². The maximum absolute atomic E-state index is 12.2. The molecule has 1 aliphatic heterocycles. The van der Waals surface area contributed by atoms with Crippen molar-refractivity contribution in [2.75, 3.05) is 37.7 Å². The Labute approximate surface area is 170 Å². The summed E-state index contributed by atoms with van der Waals surface area (Å²) in [7, 11) is -2.87. The van der Waals surface area contributed by atoms with Gasteiger partial charge in [-0.3, -0.25) is 4.90 Å². The molecule has 5 nitrogen and oxygen atoms in total. The number of esters is 1. The first kappa shape index (κ1) is 19.1. The van der Waals surface area contributed by atoms with Crippen molar-refractivity contribution in [1.82, 2.24) is 4.90 Å². The molecule has 0 spiro atoms. The van der Waals surface area contributed by atoms with E-state index in [0.717, 1.165) is 10.7 Å². The Kier molecular flexibility index (Phi) is 7.17. The highest BCUT2D eigenvalue weighted by molar-refractivity contribution is 14.1. The molecule has 122 valence electrons. The lowest BCUT2D eigenvalue weighted by Crippen LogP contribution is -2.41. The minimum absolute atomic E-state index is 0.188. The molecule has 9 heteroatoms. The lowest BCUT2D eigenvalue weighted by atomic mass is 10.2. The molecule has 1 saturated heterocycles. The van der Waals surface area contributed by atoms with E-state index in [-0.39, 0.29) is 24.1 Å². The first-order chi connectivity index (χ1) is 10.3. The number of sulfone groups is 1. The number of ether oxygens (including phenoxy) is 1. The summed E-state index contributed by atoms with van der Waals surface area (Å²) < 4.78 is 30.9. The van der Waals surface area contributed by atoms with Crippen LogP contribution in [-0.4, -0.2) is 57.0 Å². The van der Waals surface area contributed by atoms with Crippen LogP contribution in [0.1, 0.15) is 10.4 Å². The third kappa shape index (κ3) is 5.14. The maximum Gasteiger partial charge on any atom is 0.340 e. The molecular weight excluding hydrogens is 647 g/mol. The smallest absolute Gasteiger partial charge is 0.340 e. The van der Waals surface area contributed by atoms with Crippen molar-refractivity contribution >= 4 is 83.6 Å². The van der Waals surface area contributed by atoms with Gasteiger partial charge >= 0.3 is 5.97 Å². The normalized spacial score (nSPS) is 18.1. The number of hydrogen-bond acceptors (Lipinski definition) is 5. The van der Waals surface area contributed by atoms with Gasteiger partial charge < -0.3 is 4.74 Å². The zero-order valence-corrected chi connectivity index (χ0v) is 18.8. The Balaban J connectivity index is 1.88. The van der Waals surface area contributed by atoms with Gasteiger partial charge in [0.25, 0.3) is 0 Å². The predicted octanol–water partition coefficient (Wildman–Crippen LogP) is 2.39. The number of halogens is 3. The SMILES string of the molecule is O=C(OCCN1CCS(=O)(=O)CC1)c1c(I)ccc(I)c1I. The van der Waals surface area contributed by atoms with Gasteiger partial charge in [-0.15, -0.1) is 0 Å². The van der Waals surface area contributed by atoms with Crippen molar-refractivity contribution < 1.29 is 17.9 Å². The van der Waals surface area contributed by atoms with E-state index in [2.05, 4.69) is 67.8 Å². The van der Waals surface area contributed by atoms with Crippen LogP contribution in [0.15, 0.2) is 12.1 Å². The average molecular weight is 661 g/mol. The molecule has 0 aromatic heterocycles. The Morgan fingerprint density at radius 3 is 2.36 bits per heavy atom. The maximum atomic E-state index is 12.2. The van der Waals surface area contributed by atoms with Gasteiger partial charge in [0, 0.05) is 30.3 Å². The van der Waals surface area contributed by atoms with Crippen molar-refractivity contribution in [2.24, 2.45) is 0 Å². The second-order valence-corrected chi connectivity index (χ2v) is 10.6. The summed E-state index contributed by atoms with van der Waals surface area (Å²) in [6, 6.07) is 3.87. The quantitative estimate of drug-likeness (QED) is 0.282. The molecule has 1 aliphatic rings. The third-order valence-corrected chi connectivity index (χ3v) is 8.89. The number of nitrogens with zero attached hydrogens (tertiary/aromatic N) is 1. The van der Waals surface area contributed by atoms with Crippen molar-refractivity contribution in [2.45, 2.75) is 0 Å². The zero-order chi connectivity index (χ0) is 16.3. The average Bonchev–Trinajstić information content (AvgIpc) is 2.45. The van der Waals surface area contributed by atoms with Gasteiger partial charge in [0.2, 0.25) is 0 Å². The van der Waals surface area contributed by atoms with Crippen LogP contribution in [0.4, 0.5) is 0 Å². The molecular formula is C13H14I3NO4S. The monoisotopic (exact) mass is 661 g/mol. The van der Waals surface area contributed by atoms with Crippen LogP contribution >= 0.6 is 67.8 Å². The van der Waals surface area contributed by atoms with Crippen LogP contribution < -0.4 is 0 Å². The van der Waals surface area contributed by atoms with Crippen molar-refractivity contribution in [3.8, 4) is 0 Å². The minimum Gasteiger partial charge on any atom is -0.461 e. The van der Waals surface area contributed by atoms with Crippen LogP contribution in [0.3, 0.4) is 0 Å². The third-order valence-electron chi connectivity index (χ3n) is 3.33. The van der Waals surface area contributed by atoms with Crippen LogP contribution in [0.2, 0.25) is 0 Å². The van der Waals surface area contributed by atoms with Crippen LogP contribution in [0, 0.1) is 10.7 Å². The Morgan fingerprint density at radius 1 is 1.14 bits per heavy atom. The van der Waals surface area contributed by atoms with Gasteiger partial charge in [-0.2, -0.15) is 0 Å². The summed E-state index contributed by atoms with van der Waals surface area (Å²) in [6.07, 6.45) is 0. The van der Waals surface area contributed by atoms with E-state index in [9.17, 15) is 13.2 Å². The summed E-state index contributed by atoms with van der Waals surface area (Å²) in [5.74, 6) is 0.0540. The molecule has 0 bridgehead atoms. The summed E-state index contributed by atoms with van der Waals surface area (Å²) in [4.78, 5) is 14.2. The first-order valence-electron chi connectivity index (χ1n) is 6.53. The molecule has 1 fully saturated rings. The fourth-order valence-corrected chi connectivity index (χ4v) is 5.63. The molecule has 22 heavy (non-hydrogen) atoms. The van der Waals surface area contributed by atoms with E-state index < -0.39 is 9.84 Å². The van der Waals surface area contributed by atoms with Crippen LogP contribution in [-0.2, 0) is 14.6 Å². The second-order valence-electron chi connectivity index (χ2n) is 4.85. The molecule has 2 rings (SSSR count). The van der Waals surface area contributed by atoms with Gasteiger partial charge in [-0.05, 0) is 79.9 Å². The fourth-order valence-electron chi connectivity index (χ4n) is 2.03. The van der Waals surface area contributed by atoms with Gasteiger partial charge in [-0.25, -0.2) is 13.2 Å². The van der Waals surface area contributed by atoms with E-state index in [4.69, 9.17) is 4.74 Å². The van der Waals surface area contributed by atoms with Crippen LogP contribution in [0.5, 0.6) is 0 Å². The van der Waals surface area contributed by atoms with Crippen molar-refractivity contribution in [3.05, 3.63) is 28.4 Å². The van der Waals surface area contributed by atoms with Crippen molar-refractivity contribution in [1.29, 1.82) is 0 Å². The summed E-state index contributed by atoms with van der Waals surface area (Å²) in [5.41, 5.74) is 0.606. The number of carbonyl (C=O) groups excluding carboxylic acids is 1. The number of benzene rings is 1. The van der Waals surface area contributed by atoms with Crippen molar-refractivity contribution in [3.63, 3.8) is 0 Å². The molecule has 0 saturated carbocycles. The zero-order valence-electron chi connectivity index (χ0n) is 11.5. The molecule has 0 unspecified atom stereocenters. The highest BCUT2D eigenvalue weighted by atomic mass is 127. The van der Waals surface area contributed by atoms with Crippen LogP contribution in [0.25, 0.3) is 0 Å². The van der Waals surface area contributed by atoms with E-state index in [1.807, 2.05) is 17.0 Å². The topological polar surface area (TPSA) is 63.7 Å². The summed E-state index contributed by atoms with van der Waals surface area (Å²) in [6.45, 7) is 1.87. The van der Waals surface area contributed by atoms with Gasteiger partial charge in [-0.1, -0.05) is 0 Å². The van der Waals surface area contributed by atoms with Gasteiger partial charge in [0.15, 0.2) is 9.84 Å². The largest absolute Gasteiger partial charge is 0.461 e. The lowest BCUT2D eigenvalue weighted by molar-refractivity contribution is 0.0463. The Morgan fingerprint density at radius 2 is 1.73 bits per heavy atom. The van der Waals surface area contributed by atoms with Gasteiger partial charge in [0.1, 0.15) is 6.61 Å².